The van der Waals surface area contributed by atoms with Crippen molar-refractivity contribution in [3.05, 3.63) is 59.8 Å². The fourth-order valence-corrected chi connectivity index (χ4v) is 4.81. The molecule has 0 unspecified atom stereocenters. The molecular weight excluding hydrogens is 334 g/mol. The summed E-state index contributed by atoms with van der Waals surface area (Å²) >= 11 is 0. The van der Waals surface area contributed by atoms with Crippen LogP contribution in [0.1, 0.15) is 57.9 Å². The van der Waals surface area contributed by atoms with Gasteiger partial charge in [-0.3, -0.25) is 0 Å². The maximum Gasteiger partial charge on any atom is 0.159 e. The standard InChI is InChI=1S/C23H31N3O/c1-18(2)25-13-14-26-20(17-25)21(27)16-24-22(26)15-23(11-7-4-8-12-23)19-9-5-3-6-10-19/h3,5-6,9-10,16-18,27H,4,7-8,11-15H2,1-2H3. The molecule has 1 aliphatic carbocycles. The first kappa shape index (κ1) is 18.1. The van der Waals surface area contributed by atoms with Crippen LogP contribution in [0, 0.1) is 0 Å². The quantitative estimate of drug-likeness (QED) is 0.820. The number of amidine groups is 1. The van der Waals surface area contributed by atoms with Crippen molar-refractivity contribution >= 4 is 5.84 Å². The molecule has 0 radical (unpaired) electrons. The first-order valence-electron chi connectivity index (χ1n) is 10.4. The van der Waals surface area contributed by atoms with E-state index in [4.69, 9.17) is 4.99 Å². The molecule has 4 nitrogen and oxygen atoms in total. The molecule has 1 aromatic carbocycles. The molecule has 144 valence electrons. The lowest BCUT2D eigenvalue weighted by molar-refractivity contribution is 0.235. The number of hydrogen-bond acceptors (Lipinski definition) is 4. The summed E-state index contributed by atoms with van der Waals surface area (Å²) < 4.78 is 0. The minimum absolute atomic E-state index is 0.166. The second kappa shape index (κ2) is 7.41. The average molecular weight is 366 g/mol. The third-order valence-corrected chi connectivity index (χ3v) is 6.43. The van der Waals surface area contributed by atoms with Crippen LogP contribution in [-0.2, 0) is 5.41 Å². The number of aliphatic hydroxyl groups excluding tert-OH is 1. The van der Waals surface area contributed by atoms with Crippen molar-refractivity contribution in [3.63, 3.8) is 0 Å². The van der Waals surface area contributed by atoms with E-state index in [9.17, 15) is 5.11 Å². The SMILES string of the molecule is CC(C)N1C=C2C(O)=CN=C(CC3(c4ccccc4)CCCCC3)N2CC1. The Bertz CT molecular complexity index is 757. The minimum atomic E-state index is 0.166. The van der Waals surface area contributed by atoms with E-state index in [-0.39, 0.29) is 11.2 Å². The van der Waals surface area contributed by atoms with Crippen LogP contribution in [0.2, 0.25) is 0 Å². The smallest absolute Gasteiger partial charge is 0.159 e. The van der Waals surface area contributed by atoms with Gasteiger partial charge in [0.25, 0.3) is 0 Å². The summed E-state index contributed by atoms with van der Waals surface area (Å²) in [6.45, 7) is 6.23. The number of aliphatic hydroxyl groups is 1. The fourth-order valence-electron chi connectivity index (χ4n) is 4.81. The number of benzene rings is 1. The zero-order valence-corrected chi connectivity index (χ0v) is 16.6. The Kier molecular flexibility index (Phi) is 4.98. The summed E-state index contributed by atoms with van der Waals surface area (Å²) in [6, 6.07) is 11.4. The summed E-state index contributed by atoms with van der Waals surface area (Å²) in [7, 11) is 0. The van der Waals surface area contributed by atoms with Crippen LogP contribution in [0.4, 0.5) is 0 Å². The molecule has 0 spiro atoms. The van der Waals surface area contributed by atoms with Crippen LogP contribution < -0.4 is 0 Å². The summed E-state index contributed by atoms with van der Waals surface area (Å²) in [6.07, 6.45) is 11.0. The van der Waals surface area contributed by atoms with Gasteiger partial charge in [0.05, 0.1) is 6.20 Å². The maximum atomic E-state index is 10.4. The van der Waals surface area contributed by atoms with Gasteiger partial charge in [-0.05, 0) is 32.3 Å². The Morgan fingerprint density at radius 3 is 2.52 bits per heavy atom. The van der Waals surface area contributed by atoms with Crippen molar-refractivity contribution < 1.29 is 5.11 Å². The molecule has 2 heterocycles. The van der Waals surface area contributed by atoms with Gasteiger partial charge in [-0.2, -0.15) is 0 Å². The molecule has 1 saturated carbocycles. The zero-order valence-electron chi connectivity index (χ0n) is 16.6. The molecule has 1 N–H and O–H groups in total. The van der Waals surface area contributed by atoms with E-state index < -0.39 is 0 Å². The lowest BCUT2D eigenvalue weighted by atomic mass is 9.67. The van der Waals surface area contributed by atoms with Gasteiger partial charge in [0, 0.05) is 37.2 Å². The first-order chi connectivity index (χ1) is 13.1. The number of aliphatic imine (C=N–C) groups is 1. The normalized spacial score (nSPS) is 22.1. The second-order valence-electron chi connectivity index (χ2n) is 8.44. The molecule has 1 fully saturated rings. The van der Waals surface area contributed by atoms with Crippen LogP contribution >= 0.6 is 0 Å². The van der Waals surface area contributed by atoms with Crippen LogP contribution in [0.25, 0.3) is 0 Å². The highest BCUT2D eigenvalue weighted by atomic mass is 16.3. The molecule has 4 rings (SSSR count). The molecule has 2 aliphatic heterocycles. The Hall–Kier alpha value is -2.23. The maximum absolute atomic E-state index is 10.4. The van der Waals surface area contributed by atoms with Gasteiger partial charge < -0.3 is 14.9 Å². The predicted molar refractivity (Wildman–Crippen MR) is 111 cm³/mol. The molecule has 0 amide bonds. The van der Waals surface area contributed by atoms with Crippen molar-refractivity contribution in [3.8, 4) is 0 Å². The summed E-state index contributed by atoms with van der Waals surface area (Å²) in [5, 5.41) is 10.4. The highest BCUT2D eigenvalue weighted by molar-refractivity contribution is 5.87. The minimum Gasteiger partial charge on any atom is -0.504 e. The van der Waals surface area contributed by atoms with Gasteiger partial charge in [-0.25, -0.2) is 4.99 Å². The van der Waals surface area contributed by atoms with Crippen molar-refractivity contribution in [1.82, 2.24) is 9.80 Å². The number of nitrogens with zero attached hydrogens (tertiary/aromatic N) is 3. The molecule has 0 atom stereocenters. The second-order valence-corrected chi connectivity index (χ2v) is 8.44. The van der Waals surface area contributed by atoms with Crippen molar-refractivity contribution in [2.45, 2.75) is 63.8 Å². The Morgan fingerprint density at radius 1 is 1.07 bits per heavy atom. The predicted octanol–water partition coefficient (Wildman–Crippen LogP) is 4.96. The zero-order chi connectivity index (χ0) is 18.9. The highest BCUT2D eigenvalue weighted by Crippen LogP contribution is 2.43. The van der Waals surface area contributed by atoms with Crippen molar-refractivity contribution in [2.24, 2.45) is 4.99 Å². The van der Waals surface area contributed by atoms with Gasteiger partial charge in [-0.1, -0.05) is 49.6 Å². The van der Waals surface area contributed by atoms with Gasteiger partial charge in [0.2, 0.25) is 0 Å². The molecule has 27 heavy (non-hydrogen) atoms. The van der Waals surface area contributed by atoms with Crippen LogP contribution in [0.3, 0.4) is 0 Å². The topological polar surface area (TPSA) is 39.1 Å². The van der Waals surface area contributed by atoms with Gasteiger partial charge in [0.1, 0.15) is 11.5 Å². The summed E-state index contributed by atoms with van der Waals surface area (Å²) in [4.78, 5) is 9.24. The van der Waals surface area contributed by atoms with E-state index in [0.29, 0.717) is 6.04 Å². The third-order valence-electron chi connectivity index (χ3n) is 6.43. The Morgan fingerprint density at radius 2 is 1.81 bits per heavy atom. The van der Waals surface area contributed by atoms with Gasteiger partial charge >= 0.3 is 0 Å². The van der Waals surface area contributed by atoms with E-state index in [1.165, 1.54) is 37.7 Å². The molecule has 0 bridgehead atoms. The average Bonchev–Trinajstić information content (AvgIpc) is 2.71. The number of fused-ring (bicyclic) bond motifs is 1. The molecule has 0 saturated heterocycles. The Balaban J connectivity index is 1.65. The third kappa shape index (κ3) is 3.50. The van der Waals surface area contributed by atoms with Gasteiger partial charge in [-0.15, -0.1) is 0 Å². The van der Waals surface area contributed by atoms with Crippen LogP contribution in [0.15, 0.2) is 59.2 Å². The van der Waals surface area contributed by atoms with E-state index in [2.05, 4.69) is 60.2 Å². The number of hydrogen-bond donors (Lipinski definition) is 1. The molecular formula is C23H31N3O. The summed E-state index contributed by atoms with van der Waals surface area (Å²) in [5.74, 6) is 1.38. The molecule has 0 aromatic heterocycles. The van der Waals surface area contributed by atoms with E-state index in [1.807, 2.05) is 0 Å². The lowest BCUT2D eigenvalue weighted by Gasteiger charge is -2.43. The van der Waals surface area contributed by atoms with Crippen molar-refractivity contribution in [1.29, 1.82) is 0 Å². The lowest BCUT2D eigenvalue weighted by Crippen LogP contribution is -2.47. The van der Waals surface area contributed by atoms with Crippen LogP contribution in [0.5, 0.6) is 0 Å². The Labute approximate surface area is 162 Å². The molecule has 3 aliphatic rings. The first-order valence-corrected chi connectivity index (χ1v) is 10.4. The van der Waals surface area contributed by atoms with Crippen molar-refractivity contribution in [2.75, 3.05) is 13.1 Å². The summed E-state index contributed by atoms with van der Waals surface area (Å²) in [5.41, 5.74) is 2.51. The molecule has 1 aromatic rings. The molecule has 4 heteroatoms. The van der Waals surface area contributed by atoms with E-state index in [0.717, 1.165) is 31.0 Å². The largest absolute Gasteiger partial charge is 0.504 e. The highest BCUT2D eigenvalue weighted by Gasteiger charge is 2.38. The fraction of sp³-hybridized carbons (Fsp3) is 0.522. The number of rotatable bonds is 4. The van der Waals surface area contributed by atoms with E-state index >= 15 is 0 Å². The van der Waals surface area contributed by atoms with Gasteiger partial charge in [0.15, 0.2) is 5.76 Å². The van der Waals surface area contributed by atoms with Crippen LogP contribution in [-0.4, -0.2) is 39.9 Å². The monoisotopic (exact) mass is 365 g/mol. The van der Waals surface area contributed by atoms with E-state index in [1.54, 1.807) is 6.20 Å².